The molecule has 0 radical (unpaired) electrons. The highest BCUT2D eigenvalue weighted by Gasteiger charge is 2.19. The average molecular weight is 228 g/mol. The van der Waals surface area contributed by atoms with Gasteiger partial charge in [-0.05, 0) is 37.0 Å². The first-order chi connectivity index (χ1) is 7.59. The molecule has 1 unspecified atom stereocenters. The summed E-state index contributed by atoms with van der Waals surface area (Å²) < 4.78 is 39.2. The molecule has 1 N–H and O–H groups in total. The predicted molar refractivity (Wildman–Crippen MR) is 54.2 cm³/mol. The molecule has 0 saturated carbocycles. The Labute approximate surface area is 91.2 Å². The quantitative estimate of drug-likeness (QED) is 0.732. The number of allylic oxidation sites excluding steroid dienone is 1. The molecule has 1 aliphatic carbocycles. The van der Waals surface area contributed by atoms with Crippen LogP contribution in [0.5, 0.6) is 0 Å². The van der Waals surface area contributed by atoms with E-state index in [1.807, 2.05) is 0 Å². The summed E-state index contributed by atoms with van der Waals surface area (Å²) in [6, 6.07) is 2.10. The summed E-state index contributed by atoms with van der Waals surface area (Å²) in [5, 5.41) is 9.39. The maximum Gasteiger partial charge on any atom is 0.195 e. The summed E-state index contributed by atoms with van der Waals surface area (Å²) in [4.78, 5) is 0. The van der Waals surface area contributed by atoms with E-state index >= 15 is 0 Å². The van der Waals surface area contributed by atoms with Crippen molar-refractivity contribution in [3.63, 3.8) is 0 Å². The molecule has 0 fully saturated rings. The zero-order chi connectivity index (χ0) is 11.7. The van der Waals surface area contributed by atoms with E-state index in [-0.39, 0.29) is 5.56 Å². The van der Waals surface area contributed by atoms with Gasteiger partial charge in [0.2, 0.25) is 0 Å². The van der Waals surface area contributed by atoms with Gasteiger partial charge in [-0.15, -0.1) is 0 Å². The Balaban J connectivity index is 2.45. The first kappa shape index (κ1) is 11.2. The summed E-state index contributed by atoms with van der Waals surface area (Å²) in [7, 11) is 0. The average Bonchev–Trinajstić information content (AvgIpc) is 2.26. The van der Waals surface area contributed by atoms with Gasteiger partial charge in [-0.1, -0.05) is 6.08 Å². The largest absolute Gasteiger partial charge is 0.389 e. The van der Waals surface area contributed by atoms with Gasteiger partial charge in [-0.3, -0.25) is 0 Å². The SMILES string of the molecule is OC1C=C(c2ccc(F)c(F)c2F)CCC1. The number of aliphatic hydroxyl groups is 1. The van der Waals surface area contributed by atoms with Crippen molar-refractivity contribution in [3.05, 3.63) is 41.2 Å². The van der Waals surface area contributed by atoms with Gasteiger partial charge in [-0.2, -0.15) is 0 Å². The van der Waals surface area contributed by atoms with Crippen molar-refractivity contribution < 1.29 is 18.3 Å². The molecule has 0 saturated heterocycles. The Morgan fingerprint density at radius 2 is 1.88 bits per heavy atom. The normalized spacial score (nSPS) is 20.8. The molecular formula is C12H11F3O. The molecule has 1 nitrogen and oxygen atoms in total. The number of aliphatic hydroxyl groups excluding tert-OH is 1. The van der Waals surface area contributed by atoms with E-state index in [4.69, 9.17) is 0 Å². The first-order valence-electron chi connectivity index (χ1n) is 5.12. The lowest BCUT2D eigenvalue weighted by Gasteiger charge is -2.17. The summed E-state index contributed by atoms with van der Waals surface area (Å²) in [5.41, 5.74) is 0.577. The van der Waals surface area contributed by atoms with Crippen molar-refractivity contribution in [1.29, 1.82) is 0 Å². The molecule has 1 aliphatic rings. The summed E-state index contributed by atoms with van der Waals surface area (Å²) in [5.74, 6) is -3.84. The van der Waals surface area contributed by atoms with Gasteiger partial charge in [0, 0.05) is 5.56 Å². The molecular weight excluding hydrogens is 217 g/mol. The molecule has 1 atom stereocenters. The molecule has 16 heavy (non-hydrogen) atoms. The van der Waals surface area contributed by atoms with E-state index in [9.17, 15) is 18.3 Å². The van der Waals surface area contributed by atoms with Crippen LogP contribution in [0.2, 0.25) is 0 Å². The van der Waals surface area contributed by atoms with Crippen molar-refractivity contribution in [2.45, 2.75) is 25.4 Å². The zero-order valence-electron chi connectivity index (χ0n) is 8.51. The van der Waals surface area contributed by atoms with Crippen molar-refractivity contribution >= 4 is 5.57 Å². The molecule has 86 valence electrons. The van der Waals surface area contributed by atoms with Crippen LogP contribution in [0.4, 0.5) is 13.2 Å². The Hall–Kier alpha value is -1.29. The lowest BCUT2D eigenvalue weighted by atomic mass is 9.92. The fourth-order valence-electron chi connectivity index (χ4n) is 1.90. The van der Waals surface area contributed by atoms with E-state index in [1.165, 1.54) is 12.1 Å². The third-order valence-electron chi connectivity index (χ3n) is 2.72. The molecule has 0 aromatic heterocycles. The fraction of sp³-hybridized carbons (Fsp3) is 0.333. The first-order valence-corrected chi connectivity index (χ1v) is 5.12. The van der Waals surface area contributed by atoms with Crippen LogP contribution in [0.1, 0.15) is 24.8 Å². The monoisotopic (exact) mass is 228 g/mol. The van der Waals surface area contributed by atoms with Crippen LogP contribution < -0.4 is 0 Å². The van der Waals surface area contributed by atoms with Crippen LogP contribution >= 0.6 is 0 Å². The Morgan fingerprint density at radius 3 is 2.56 bits per heavy atom. The maximum absolute atomic E-state index is 13.4. The number of benzene rings is 1. The topological polar surface area (TPSA) is 20.2 Å². The minimum atomic E-state index is -1.46. The van der Waals surface area contributed by atoms with E-state index in [0.29, 0.717) is 24.8 Å². The van der Waals surface area contributed by atoms with E-state index < -0.39 is 23.6 Å². The van der Waals surface area contributed by atoms with Gasteiger partial charge >= 0.3 is 0 Å². The molecule has 0 bridgehead atoms. The molecule has 1 aromatic carbocycles. The van der Waals surface area contributed by atoms with Crippen LogP contribution in [0.15, 0.2) is 18.2 Å². The molecule has 0 amide bonds. The van der Waals surface area contributed by atoms with Crippen molar-refractivity contribution in [1.82, 2.24) is 0 Å². The standard InChI is InChI=1S/C12H11F3O/c13-10-5-4-9(11(14)12(10)15)7-2-1-3-8(16)6-7/h4-6,8,16H,1-3H2. The van der Waals surface area contributed by atoms with Gasteiger partial charge in [0.1, 0.15) is 0 Å². The minimum absolute atomic E-state index is 0.0395. The van der Waals surface area contributed by atoms with Gasteiger partial charge in [0.05, 0.1) is 6.10 Å². The molecule has 4 heteroatoms. The smallest absolute Gasteiger partial charge is 0.195 e. The van der Waals surface area contributed by atoms with Crippen LogP contribution in [0.25, 0.3) is 5.57 Å². The summed E-state index contributed by atoms with van der Waals surface area (Å²) in [6.07, 6.45) is 2.77. The maximum atomic E-state index is 13.4. The molecule has 0 aliphatic heterocycles. The number of hydrogen-bond acceptors (Lipinski definition) is 1. The Kier molecular flexibility index (Phi) is 3.01. The van der Waals surface area contributed by atoms with Crippen molar-refractivity contribution in [2.24, 2.45) is 0 Å². The van der Waals surface area contributed by atoms with Crippen LogP contribution in [0.3, 0.4) is 0 Å². The predicted octanol–water partition coefficient (Wildman–Crippen LogP) is 3.03. The highest BCUT2D eigenvalue weighted by molar-refractivity contribution is 5.67. The molecule has 0 heterocycles. The minimum Gasteiger partial charge on any atom is -0.389 e. The van der Waals surface area contributed by atoms with Crippen molar-refractivity contribution in [2.75, 3.05) is 0 Å². The summed E-state index contributed by atoms with van der Waals surface area (Å²) >= 11 is 0. The fourth-order valence-corrected chi connectivity index (χ4v) is 1.90. The number of rotatable bonds is 1. The Morgan fingerprint density at radius 1 is 1.12 bits per heavy atom. The molecule has 2 rings (SSSR count). The van der Waals surface area contributed by atoms with E-state index in [1.54, 1.807) is 0 Å². The number of halogens is 3. The van der Waals surface area contributed by atoms with Gasteiger partial charge < -0.3 is 5.11 Å². The lowest BCUT2D eigenvalue weighted by molar-refractivity contribution is 0.206. The van der Waals surface area contributed by atoms with Crippen LogP contribution in [-0.2, 0) is 0 Å². The van der Waals surface area contributed by atoms with E-state index in [2.05, 4.69) is 0 Å². The van der Waals surface area contributed by atoms with Gasteiger partial charge in [0.15, 0.2) is 17.5 Å². The number of hydrogen-bond donors (Lipinski definition) is 1. The second-order valence-electron chi connectivity index (χ2n) is 3.87. The highest BCUT2D eigenvalue weighted by atomic mass is 19.2. The summed E-state index contributed by atoms with van der Waals surface area (Å²) in [6.45, 7) is 0. The van der Waals surface area contributed by atoms with E-state index in [0.717, 1.165) is 6.07 Å². The molecule has 0 spiro atoms. The molecule has 1 aromatic rings. The van der Waals surface area contributed by atoms with Gasteiger partial charge in [-0.25, -0.2) is 13.2 Å². The second kappa shape index (κ2) is 4.29. The second-order valence-corrected chi connectivity index (χ2v) is 3.87. The Bertz CT molecular complexity index is 440. The highest BCUT2D eigenvalue weighted by Crippen LogP contribution is 2.30. The lowest BCUT2D eigenvalue weighted by Crippen LogP contribution is -2.09. The van der Waals surface area contributed by atoms with Crippen molar-refractivity contribution in [3.8, 4) is 0 Å². The van der Waals surface area contributed by atoms with Crippen LogP contribution in [-0.4, -0.2) is 11.2 Å². The third kappa shape index (κ3) is 1.97. The zero-order valence-corrected chi connectivity index (χ0v) is 8.51. The third-order valence-corrected chi connectivity index (χ3v) is 2.72. The van der Waals surface area contributed by atoms with Crippen LogP contribution in [0, 0.1) is 17.5 Å². The van der Waals surface area contributed by atoms with Gasteiger partial charge in [0.25, 0.3) is 0 Å².